The maximum atomic E-state index is 13.1. The van der Waals surface area contributed by atoms with Gasteiger partial charge in [-0.25, -0.2) is 4.39 Å². The van der Waals surface area contributed by atoms with E-state index in [1.807, 2.05) is 20.0 Å². The average Bonchev–Trinajstić information content (AvgIpc) is 2.42. The van der Waals surface area contributed by atoms with Crippen LogP contribution in [-0.2, 0) is 6.42 Å². The number of halogens is 1. The molecule has 1 aromatic rings. The fourth-order valence-corrected chi connectivity index (χ4v) is 3.28. The first kappa shape index (κ1) is 14.5. The van der Waals surface area contributed by atoms with Gasteiger partial charge in [-0.05, 0) is 56.0 Å². The summed E-state index contributed by atoms with van der Waals surface area (Å²) in [7, 11) is 2.05. The summed E-state index contributed by atoms with van der Waals surface area (Å²) in [5.74, 6) is 0.751. The van der Waals surface area contributed by atoms with Crippen LogP contribution >= 0.6 is 0 Å². The number of likely N-dealkylation sites (N-methyl/N-ethyl adjacent to an activating group) is 1. The van der Waals surface area contributed by atoms with E-state index in [1.54, 1.807) is 12.1 Å². The Labute approximate surface area is 116 Å². The van der Waals surface area contributed by atoms with Gasteiger partial charge in [0.1, 0.15) is 5.82 Å². The van der Waals surface area contributed by atoms with Crippen molar-refractivity contribution in [2.45, 2.75) is 57.9 Å². The number of rotatable bonds is 5. The van der Waals surface area contributed by atoms with E-state index in [0.29, 0.717) is 6.04 Å². The van der Waals surface area contributed by atoms with Crippen molar-refractivity contribution < 1.29 is 4.39 Å². The second-order valence-corrected chi connectivity index (χ2v) is 6.00. The Morgan fingerprint density at radius 3 is 2.63 bits per heavy atom. The molecule has 1 atom stereocenters. The third kappa shape index (κ3) is 4.31. The van der Waals surface area contributed by atoms with E-state index in [-0.39, 0.29) is 5.82 Å². The van der Waals surface area contributed by atoms with Gasteiger partial charge in [0, 0.05) is 6.04 Å². The monoisotopic (exact) mass is 263 g/mol. The minimum absolute atomic E-state index is 0.130. The van der Waals surface area contributed by atoms with Crippen molar-refractivity contribution in [2.24, 2.45) is 5.92 Å². The van der Waals surface area contributed by atoms with E-state index in [1.165, 1.54) is 44.1 Å². The molecule has 0 saturated heterocycles. The molecule has 1 saturated carbocycles. The second kappa shape index (κ2) is 7.04. The number of benzene rings is 1. The first-order chi connectivity index (χ1) is 9.19. The van der Waals surface area contributed by atoms with Gasteiger partial charge >= 0.3 is 0 Å². The molecule has 1 unspecified atom stereocenters. The molecule has 0 amide bonds. The number of hydrogen-bond acceptors (Lipinski definition) is 1. The van der Waals surface area contributed by atoms with Gasteiger partial charge in [0.15, 0.2) is 0 Å². The third-order valence-corrected chi connectivity index (χ3v) is 4.52. The van der Waals surface area contributed by atoms with Gasteiger partial charge in [-0.3, -0.25) is 0 Å². The molecule has 0 radical (unpaired) electrons. The number of aryl methyl sites for hydroxylation is 1. The molecule has 1 aliphatic rings. The Kier molecular flexibility index (Phi) is 5.38. The van der Waals surface area contributed by atoms with E-state index in [0.717, 1.165) is 17.9 Å². The Hall–Kier alpha value is -0.890. The molecule has 0 bridgehead atoms. The molecule has 19 heavy (non-hydrogen) atoms. The smallest absolute Gasteiger partial charge is 0.123 e. The zero-order valence-corrected chi connectivity index (χ0v) is 12.2. The largest absolute Gasteiger partial charge is 0.317 e. The molecular weight excluding hydrogens is 237 g/mol. The van der Waals surface area contributed by atoms with Crippen molar-refractivity contribution >= 4 is 0 Å². The quantitative estimate of drug-likeness (QED) is 0.838. The van der Waals surface area contributed by atoms with Crippen LogP contribution in [0.3, 0.4) is 0 Å². The lowest BCUT2D eigenvalue weighted by Gasteiger charge is -2.26. The van der Waals surface area contributed by atoms with Crippen molar-refractivity contribution in [1.29, 1.82) is 0 Å². The van der Waals surface area contributed by atoms with E-state index >= 15 is 0 Å². The molecule has 1 fully saturated rings. The highest BCUT2D eigenvalue weighted by molar-refractivity contribution is 5.27. The van der Waals surface area contributed by atoms with E-state index in [4.69, 9.17) is 0 Å². The van der Waals surface area contributed by atoms with Crippen molar-refractivity contribution in [2.75, 3.05) is 7.05 Å². The van der Waals surface area contributed by atoms with Gasteiger partial charge in [0.05, 0.1) is 0 Å². The van der Waals surface area contributed by atoms with Crippen molar-refractivity contribution in [3.8, 4) is 0 Å². The zero-order chi connectivity index (χ0) is 13.7. The van der Waals surface area contributed by atoms with Gasteiger partial charge in [0.2, 0.25) is 0 Å². The molecule has 106 valence electrons. The first-order valence-electron chi connectivity index (χ1n) is 7.61. The Balaban J connectivity index is 1.94. The van der Waals surface area contributed by atoms with Crippen LogP contribution in [0.1, 0.15) is 49.7 Å². The van der Waals surface area contributed by atoms with E-state index in [9.17, 15) is 4.39 Å². The molecule has 1 N–H and O–H groups in total. The Morgan fingerprint density at radius 2 is 2.00 bits per heavy atom. The Morgan fingerprint density at radius 1 is 1.26 bits per heavy atom. The maximum Gasteiger partial charge on any atom is 0.123 e. The molecule has 0 heterocycles. The highest BCUT2D eigenvalue weighted by Gasteiger charge is 2.18. The van der Waals surface area contributed by atoms with Crippen molar-refractivity contribution in [1.82, 2.24) is 5.32 Å². The number of nitrogens with one attached hydrogen (secondary N) is 1. The molecule has 1 aliphatic carbocycles. The lowest BCUT2D eigenvalue weighted by molar-refractivity contribution is 0.302. The minimum atomic E-state index is -0.130. The van der Waals surface area contributed by atoms with Crippen LogP contribution in [0.4, 0.5) is 4.39 Å². The summed E-state index contributed by atoms with van der Waals surface area (Å²) >= 11 is 0. The fraction of sp³-hybridized carbons (Fsp3) is 0.647. The van der Waals surface area contributed by atoms with Gasteiger partial charge < -0.3 is 5.32 Å². The van der Waals surface area contributed by atoms with E-state index in [2.05, 4.69) is 5.32 Å². The van der Waals surface area contributed by atoms with Gasteiger partial charge in [-0.15, -0.1) is 0 Å². The Bertz CT molecular complexity index is 396. The molecule has 1 nitrogen and oxygen atoms in total. The third-order valence-electron chi connectivity index (χ3n) is 4.52. The molecule has 1 aromatic carbocycles. The summed E-state index contributed by atoms with van der Waals surface area (Å²) in [6.07, 6.45) is 9.26. The van der Waals surface area contributed by atoms with Gasteiger partial charge in [-0.2, -0.15) is 0 Å². The topological polar surface area (TPSA) is 12.0 Å². The highest BCUT2D eigenvalue weighted by Crippen LogP contribution is 2.28. The first-order valence-corrected chi connectivity index (χ1v) is 7.61. The van der Waals surface area contributed by atoms with Crippen molar-refractivity contribution in [3.63, 3.8) is 0 Å². The molecule has 2 heteroatoms. The lowest BCUT2D eigenvalue weighted by Crippen LogP contribution is -2.31. The van der Waals surface area contributed by atoms with Crippen LogP contribution in [0, 0.1) is 18.7 Å². The summed E-state index contributed by atoms with van der Waals surface area (Å²) < 4.78 is 13.1. The molecule has 2 rings (SSSR count). The molecule has 0 aromatic heterocycles. The molecule has 0 aliphatic heterocycles. The van der Waals surface area contributed by atoms with Gasteiger partial charge in [-0.1, -0.05) is 38.2 Å². The predicted molar refractivity (Wildman–Crippen MR) is 78.9 cm³/mol. The minimum Gasteiger partial charge on any atom is -0.317 e. The molecule has 0 spiro atoms. The lowest BCUT2D eigenvalue weighted by atomic mass is 9.83. The summed E-state index contributed by atoms with van der Waals surface area (Å²) in [5, 5.41) is 3.45. The fourth-order valence-electron chi connectivity index (χ4n) is 3.28. The SMILES string of the molecule is CNC(Cc1ccc(F)cc1C)CC1CCCCC1. The second-order valence-electron chi connectivity index (χ2n) is 6.00. The molecular formula is C17H26FN. The van der Waals surface area contributed by atoms with Crippen molar-refractivity contribution in [3.05, 3.63) is 35.1 Å². The standard InChI is InChI=1S/C17H26FN/c1-13-10-16(18)9-8-15(13)12-17(19-2)11-14-6-4-3-5-7-14/h8-10,14,17,19H,3-7,11-12H2,1-2H3. The summed E-state index contributed by atoms with van der Waals surface area (Å²) in [5.41, 5.74) is 2.35. The average molecular weight is 263 g/mol. The maximum absolute atomic E-state index is 13.1. The van der Waals surface area contributed by atoms with E-state index < -0.39 is 0 Å². The van der Waals surface area contributed by atoms with Gasteiger partial charge in [0.25, 0.3) is 0 Å². The van der Waals surface area contributed by atoms with Crippen LogP contribution in [0.15, 0.2) is 18.2 Å². The van der Waals surface area contributed by atoms with Crippen LogP contribution in [0.25, 0.3) is 0 Å². The number of hydrogen-bond donors (Lipinski definition) is 1. The zero-order valence-electron chi connectivity index (χ0n) is 12.2. The normalized spacial score (nSPS) is 18.5. The summed E-state index contributed by atoms with van der Waals surface area (Å²) in [6, 6.07) is 5.68. The van der Waals surface area contributed by atoms with Crippen LogP contribution in [-0.4, -0.2) is 13.1 Å². The highest BCUT2D eigenvalue weighted by atomic mass is 19.1. The summed E-state index contributed by atoms with van der Waals surface area (Å²) in [4.78, 5) is 0. The van der Waals surface area contributed by atoms with Crippen LogP contribution in [0.5, 0.6) is 0 Å². The predicted octanol–water partition coefficient (Wildman–Crippen LogP) is 4.24. The van der Waals surface area contributed by atoms with Crippen LogP contribution < -0.4 is 5.32 Å². The van der Waals surface area contributed by atoms with Crippen LogP contribution in [0.2, 0.25) is 0 Å². The summed E-state index contributed by atoms with van der Waals surface area (Å²) in [6.45, 7) is 2.01.